The minimum Gasteiger partial charge on any atom is -0.485 e. The molecular weight excluding hydrogens is 508 g/mol. The van der Waals surface area contributed by atoms with Crippen LogP contribution in [0.2, 0.25) is 0 Å². The van der Waals surface area contributed by atoms with Gasteiger partial charge in [0.1, 0.15) is 18.0 Å². The SMILES string of the molecule is CCCCC(C)CCCCCCCCCC(=O)NO[C@@H]1[C@@H](Oc2ccc([N+](=O)[O-])cc2)[C@@H](O)[C@@H](CO)O[C@H]1O. The second-order valence-corrected chi connectivity index (χ2v) is 10.4. The van der Waals surface area contributed by atoms with Crippen LogP contribution >= 0.6 is 0 Å². The number of ether oxygens (including phenoxy) is 2. The summed E-state index contributed by atoms with van der Waals surface area (Å²) in [6, 6.07) is 5.14. The molecule has 4 N–H and O–H groups in total. The van der Waals surface area contributed by atoms with Crippen molar-refractivity contribution in [3.05, 3.63) is 34.4 Å². The summed E-state index contributed by atoms with van der Waals surface area (Å²) in [5, 5.41) is 41.3. The smallest absolute Gasteiger partial charge is 0.269 e. The number of nitro groups is 1. The first-order valence-corrected chi connectivity index (χ1v) is 14.2. The van der Waals surface area contributed by atoms with Crippen molar-refractivity contribution in [3.8, 4) is 5.75 Å². The van der Waals surface area contributed by atoms with Gasteiger partial charge in [0, 0.05) is 18.6 Å². The zero-order valence-corrected chi connectivity index (χ0v) is 23.2. The molecule has 1 saturated heterocycles. The van der Waals surface area contributed by atoms with E-state index in [9.17, 15) is 30.2 Å². The number of carbonyl (C=O) groups excluding carboxylic acids is 1. The molecule has 222 valence electrons. The first-order chi connectivity index (χ1) is 18.8. The zero-order valence-electron chi connectivity index (χ0n) is 23.2. The topological polar surface area (TPSA) is 161 Å². The van der Waals surface area contributed by atoms with Crippen LogP contribution in [0.4, 0.5) is 5.69 Å². The van der Waals surface area contributed by atoms with Crippen LogP contribution in [-0.2, 0) is 14.4 Å². The van der Waals surface area contributed by atoms with Gasteiger partial charge in [0.15, 0.2) is 18.5 Å². The van der Waals surface area contributed by atoms with Gasteiger partial charge >= 0.3 is 0 Å². The molecule has 2 rings (SSSR count). The van der Waals surface area contributed by atoms with Gasteiger partial charge in [-0.2, -0.15) is 0 Å². The van der Waals surface area contributed by atoms with E-state index in [1.54, 1.807) is 0 Å². The number of hydrogen-bond donors (Lipinski definition) is 4. The molecule has 6 atom stereocenters. The summed E-state index contributed by atoms with van der Waals surface area (Å²) in [6.07, 6.45) is 6.33. The summed E-state index contributed by atoms with van der Waals surface area (Å²) >= 11 is 0. The fourth-order valence-corrected chi connectivity index (χ4v) is 4.67. The number of amides is 1. The van der Waals surface area contributed by atoms with Crippen LogP contribution in [0.3, 0.4) is 0 Å². The maximum atomic E-state index is 12.3. The van der Waals surface area contributed by atoms with E-state index in [2.05, 4.69) is 19.3 Å². The largest absolute Gasteiger partial charge is 0.485 e. The first kappa shape index (κ1) is 32.9. The van der Waals surface area contributed by atoms with Crippen LogP contribution in [0.1, 0.15) is 90.9 Å². The number of hydrogen-bond acceptors (Lipinski definition) is 9. The number of benzene rings is 1. The van der Waals surface area contributed by atoms with Crippen LogP contribution < -0.4 is 10.2 Å². The minimum absolute atomic E-state index is 0.143. The Labute approximate surface area is 230 Å². The molecule has 1 aliphatic rings. The highest BCUT2D eigenvalue weighted by Crippen LogP contribution is 2.27. The van der Waals surface area contributed by atoms with Crippen LogP contribution in [0.15, 0.2) is 24.3 Å². The number of nitrogens with zero attached hydrogens (tertiary/aromatic N) is 1. The molecular formula is C28H46N2O9. The van der Waals surface area contributed by atoms with E-state index in [4.69, 9.17) is 14.3 Å². The Morgan fingerprint density at radius 1 is 1.03 bits per heavy atom. The Kier molecular flexibility index (Phi) is 15.3. The van der Waals surface area contributed by atoms with E-state index >= 15 is 0 Å². The van der Waals surface area contributed by atoms with E-state index in [-0.39, 0.29) is 23.8 Å². The fraction of sp³-hybridized carbons (Fsp3) is 0.750. The Hall–Kier alpha value is -2.31. The molecule has 0 saturated carbocycles. The number of aliphatic hydroxyl groups excluding tert-OH is 3. The van der Waals surface area contributed by atoms with Gasteiger partial charge in [0.25, 0.3) is 5.69 Å². The number of carbonyl (C=O) groups is 1. The third kappa shape index (κ3) is 11.8. The molecule has 11 heteroatoms. The summed E-state index contributed by atoms with van der Waals surface area (Å²) in [4.78, 5) is 28.0. The van der Waals surface area contributed by atoms with Gasteiger partial charge in [-0.3, -0.25) is 19.7 Å². The van der Waals surface area contributed by atoms with Gasteiger partial charge in [-0.25, -0.2) is 5.48 Å². The monoisotopic (exact) mass is 554 g/mol. The molecule has 1 unspecified atom stereocenters. The Morgan fingerprint density at radius 3 is 2.26 bits per heavy atom. The molecule has 1 amide bonds. The average Bonchev–Trinajstić information content (AvgIpc) is 2.92. The number of non-ortho nitro benzene ring substituents is 1. The second kappa shape index (κ2) is 18.1. The van der Waals surface area contributed by atoms with Crippen molar-refractivity contribution in [2.45, 2.75) is 122 Å². The highest BCUT2D eigenvalue weighted by atomic mass is 16.7. The van der Waals surface area contributed by atoms with Gasteiger partial charge in [-0.15, -0.1) is 0 Å². The third-order valence-electron chi connectivity index (χ3n) is 7.10. The predicted molar refractivity (Wildman–Crippen MR) is 145 cm³/mol. The summed E-state index contributed by atoms with van der Waals surface area (Å²) < 4.78 is 10.9. The normalized spacial score (nSPS) is 23.8. The van der Waals surface area contributed by atoms with Crippen LogP contribution in [-0.4, -0.2) is 63.5 Å². The molecule has 1 heterocycles. The number of nitro benzene ring substituents is 1. The molecule has 0 aliphatic carbocycles. The van der Waals surface area contributed by atoms with E-state index in [0.717, 1.165) is 25.2 Å². The van der Waals surface area contributed by atoms with Crippen molar-refractivity contribution in [1.82, 2.24) is 5.48 Å². The standard InChI is InChI=1S/C28H46N2O9/c1-3-4-12-20(2)13-10-8-6-5-7-9-11-14-24(32)29-39-27-26(25(33)23(19-31)38-28(27)34)37-22-17-15-21(16-18-22)30(35)36/h15-18,20,23,25-28,31,33-34H,3-14,19H2,1-2H3,(H,29,32)/t20?,23-,25+,26+,27-,28-/m1/s1. The highest BCUT2D eigenvalue weighted by molar-refractivity contribution is 5.74. The third-order valence-corrected chi connectivity index (χ3v) is 7.10. The Bertz CT molecular complexity index is 839. The maximum absolute atomic E-state index is 12.3. The number of nitrogens with one attached hydrogen (secondary N) is 1. The van der Waals surface area contributed by atoms with Crippen molar-refractivity contribution >= 4 is 11.6 Å². The molecule has 1 aromatic carbocycles. The van der Waals surface area contributed by atoms with E-state index in [1.807, 2.05) is 0 Å². The van der Waals surface area contributed by atoms with Gasteiger partial charge < -0.3 is 24.8 Å². The average molecular weight is 555 g/mol. The number of aliphatic hydroxyl groups is 3. The Balaban J connectivity index is 1.72. The lowest BCUT2D eigenvalue weighted by atomic mass is 9.97. The molecule has 1 fully saturated rings. The molecule has 0 spiro atoms. The van der Waals surface area contributed by atoms with Gasteiger partial charge in [0.2, 0.25) is 5.91 Å². The van der Waals surface area contributed by atoms with E-state index < -0.39 is 42.2 Å². The van der Waals surface area contributed by atoms with Gasteiger partial charge in [-0.1, -0.05) is 78.1 Å². The number of rotatable bonds is 19. The lowest BCUT2D eigenvalue weighted by Gasteiger charge is -2.41. The van der Waals surface area contributed by atoms with Crippen molar-refractivity contribution in [2.75, 3.05) is 6.61 Å². The second-order valence-electron chi connectivity index (χ2n) is 10.4. The van der Waals surface area contributed by atoms with Crippen molar-refractivity contribution < 1.29 is 39.3 Å². The molecule has 39 heavy (non-hydrogen) atoms. The molecule has 1 aliphatic heterocycles. The van der Waals surface area contributed by atoms with Gasteiger partial charge in [0.05, 0.1) is 11.5 Å². The van der Waals surface area contributed by atoms with Gasteiger partial charge in [-0.05, 0) is 24.5 Å². The van der Waals surface area contributed by atoms with E-state index in [0.29, 0.717) is 6.42 Å². The summed E-state index contributed by atoms with van der Waals surface area (Å²) in [7, 11) is 0. The van der Waals surface area contributed by atoms with Crippen LogP contribution in [0.5, 0.6) is 5.75 Å². The predicted octanol–water partition coefficient (Wildman–Crippen LogP) is 4.17. The lowest BCUT2D eigenvalue weighted by molar-refractivity contribution is -0.384. The van der Waals surface area contributed by atoms with Crippen molar-refractivity contribution in [2.24, 2.45) is 5.92 Å². The summed E-state index contributed by atoms with van der Waals surface area (Å²) in [6.45, 7) is 3.98. The van der Waals surface area contributed by atoms with Crippen molar-refractivity contribution in [1.29, 1.82) is 0 Å². The molecule has 11 nitrogen and oxygen atoms in total. The number of hydroxylamine groups is 1. The quantitative estimate of drug-likeness (QED) is 0.112. The van der Waals surface area contributed by atoms with Crippen LogP contribution in [0, 0.1) is 16.0 Å². The molecule has 0 radical (unpaired) electrons. The first-order valence-electron chi connectivity index (χ1n) is 14.2. The molecule has 0 bridgehead atoms. The van der Waals surface area contributed by atoms with Crippen molar-refractivity contribution in [3.63, 3.8) is 0 Å². The number of unbranched alkanes of at least 4 members (excludes halogenated alkanes) is 7. The zero-order chi connectivity index (χ0) is 28.6. The Morgan fingerprint density at radius 2 is 1.64 bits per heavy atom. The van der Waals surface area contributed by atoms with E-state index in [1.165, 1.54) is 69.2 Å². The lowest BCUT2D eigenvalue weighted by Crippen LogP contribution is -2.62. The highest BCUT2D eigenvalue weighted by Gasteiger charge is 2.47. The minimum atomic E-state index is -1.61. The molecule has 0 aromatic heterocycles. The van der Waals surface area contributed by atoms with Crippen LogP contribution in [0.25, 0.3) is 0 Å². The summed E-state index contributed by atoms with van der Waals surface area (Å²) in [5.41, 5.74) is 2.16. The molecule has 1 aromatic rings. The summed E-state index contributed by atoms with van der Waals surface area (Å²) in [5.74, 6) is 0.605. The maximum Gasteiger partial charge on any atom is 0.269 e. The fourth-order valence-electron chi connectivity index (χ4n) is 4.67.